The van der Waals surface area contributed by atoms with Gasteiger partial charge in [-0.25, -0.2) is 0 Å². The molecular formula is C14H23N3O2. The summed E-state index contributed by atoms with van der Waals surface area (Å²) in [6.45, 7) is 2.70. The van der Waals surface area contributed by atoms with Gasteiger partial charge in [-0.1, -0.05) is 5.16 Å². The second kappa shape index (κ2) is 5.21. The molecule has 3 rings (SSSR count). The Kier molecular flexibility index (Phi) is 3.58. The largest absolute Gasteiger partial charge is 0.367 e. The maximum Gasteiger partial charge on any atom is 0.228 e. The molecule has 0 spiro atoms. The molecule has 2 fully saturated rings. The molecule has 5 heteroatoms. The molecule has 0 saturated heterocycles. The van der Waals surface area contributed by atoms with E-state index in [1.54, 1.807) is 0 Å². The number of nitrogens with zero attached hydrogens (tertiary/aromatic N) is 2. The number of nitrogens with two attached hydrogens (primary N) is 1. The van der Waals surface area contributed by atoms with E-state index in [1.807, 2.05) is 6.92 Å². The zero-order chi connectivity index (χ0) is 13.3. The van der Waals surface area contributed by atoms with Crippen LogP contribution in [0, 0.1) is 5.92 Å². The van der Waals surface area contributed by atoms with Crippen LogP contribution in [0.5, 0.6) is 0 Å². The first-order valence-corrected chi connectivity index (χ1v) is 7.46. The van der Waals surface area contributed by atoms with E-state index >= 15 is 0 Å². The normalized spacial score (nSPS) is 23.7. The van der Waals surface area contributed by atoms with Gasteiger partial charge in [-0.15, -0.1) is 0 Å². The van der Waals surface area contributed by atoms with Gasteiger partial charge in [-0.05, 0) is 51.4 Å². The third kappa shape index (κ3) is 2.67. The third-order valence-corrected chi connectivity index (χ3v) is 4.35. The molecule has 1 unspecified atom stereocenters. The molecule has 1 heterocycles. The van der Waals surface area contributed by atoms with E-state index in [0.717, 1.165) is 18.7 Å². The standard InChI is InChI=1S/C14H23N3O2/c1-2-18-14(7-3-4-8-14)13-16-12(19-17-13)9-11(15)10-5-6-10/h10-11H,2-9,15H2,1H3. The minimum Gasteiger partial charge on any atom is -0.367 e. The number of ether oxygens (including phenoxy) is 1. The zero-order valence-electron chi connectivity index (χ0n) is 11.6. The summed E-state index contributed by atoms with van der Waals surface area (Å²) in [4.78, 5) is 4.55. The Morgan fingerprint density at radius 2 is 2.16 bits per heavy atom. The van der Waals surface area contributed by atoms with Gasteiger partial charge in [0, 0.05) is 19.1 Å². The quantitative estimate of drug-likeness (QED) is 0.853. The van der Waals surface area contributed by atoms with Crippen LogP contribution < -0.4 is 5.73 Å². The molecule has 0 bridgehead atoms. The van der Waals surface area contributed by atoms with Crippen molar-refractivity contribution in [2.45, 2.75) is 63.5 Å². The van der Waals surface area contributed by atoms with E-state index < -0.39 is 0 Å². The summed E-state index contributed by atoms with van der Waals surface area (Å²) in [5.74, 6) is 2.05. The molecule has 0 aromatic carbocycles. The average Bonchev–Trinajstić information content (AvgIpc) is 2.97. The van der Waals surface area contributed by atoms with Gasteiger partial charge in [-0.3, -0.25) is 0 Å². The van der Waals surface area contributed by atoms with Crippen molar-refractivity contribution < 1.29 is 9.26 Å². The molecular weight excluding hydrogens is 242 g/mol. The van der Waals surface area contributed by atoms with Gasteiger partial charge < -0.3 is 15.0 Å². The first kappa shape index (κ1) is 13.1. The molecule has 106 valence electrons. The summed E-state index contributed by atoms with van der Waals surface area (Å²) in [6, 6.07) is 0.167. The highest BCUT2D eigenvalue weighted by atomic mass is 16.5. The monoisotopic (exact) mass is 265 g/mol. The molecule has 0 radical (unpaired) electrons. The van der Waals surface area contributed by atoms with E-state index in [1.165, 1.54) is 25.7 Å². The molecule has 5 nitrogen and oxygen atoms in total. The maximum absolute atomic E-state index is 6.11. The molecule has 2 aliphatic carbocycles. The van der Waals surface area contributed by atoms with Crippen molar-refractivity contribution >= 4 is 0 Å². The molecule has 1 atom stereocenters. The van der Waals surface area contributed by atoms with Crippen molar-refractivity contribution in [3.05, 3.63) is 11.7 Å². The van der Waals surface area contributed by atoms with Crippen LogP contribution in [-0.2, 0) is 16.8 Å². The number of hydrogen-bond donors (Lipinski definition) is 1. The fraction of sp³-hybridized carbons (Fsp3) is 0.857. The lowest BCUT2D eigenvalue weighted by atomic mass is 10.0. The van der Waals surface area contributed by atoms with Gasteiger partial charge in [0.1, 0.15) is 5.60 Å². The highest BCUT2D eigenvalue weighted by Gasteiger charge is 2.41. The highest BCUT2D eigenvalue weighted by Crippen LogP contribution is 2.41. The van der Waals surface area contributed by atoms with Crippen molar-refractivity contribution in [1.29, 1.82) is 0 Å². The predicted molar refractivity (Wildman–Crippen MR) is 70.5 cm³/mol. The summed E-state index contributed by atoms with van der Waals surface area (Å²) in [6.07, 6.45) is 7.51. The fourth-order valence-electron chi connectivity index (χ4n) is 3.07. The molecule has 2 saturated carbocycles. The van der Waals surface area contributed by atoms with Gasteiger partial charge in [-0.2, -0.15) is 4.98 Å². The second-order valence-corrected chi connectivity index (χ2v) is 5.85. The molecule has 2 N–H and O–H groups in total. The van der Waals surface area contributed by atoms with E-state index in [9.17, 15) is 0 Å². The van der Waals surface area contributed by atoms with Crippen molar-refractivity contribution in [3.63, 3.8) is 0 Å². The lowest BCUT2D eigenvalue weighted by Gasteiger charge is -2.24. The Balaban J connectivity index is 1.71. The minimum absolute atomic E-state index is 0.167. The Hall–Kier alpha value is -0.940. The van der Waals surface area contributed by atoms with Crippen LogP contribution in [0.4, 0.5) is 0 Å². The van der Waals surface area contributed by atoms with Crippen LogP contribution in [0.2, 0.25) is 0 Å². The van der Waals surface area contributed by atoms with Gasteiger partial charge in [0.2, 0.25) is 11.7 Å². The number of rotatable bonds is 6. The van der Waals surface area contributed by atoms with Crippen LogP contribution in [0.25, 0.3) is 0 Å². The molecule has 2 aliphatic rings. The Morgan fingerprint density at radius 1 is 1.42 bits per heavy atom. The first-order chi connectivity index (χ1) is 9.23. The van der Waals surface area contributed by atoms with Crippen LogP contribution >= 0.6 is 0 Å². The van der Waals surface area contributed by atoms with Crippen molar-refractivity contribution in [2.75, 3.05) is 6.61 Å². The molecule has 0 amide bonds. The Bertz CT molecular complexity index is 422. The lowest BCUT2D eigenvalue weighted by Crippen LogP contribution is -2.28. The number of hydrogen-bond acceptors (Lipinski definition) is 5. The SMILES string of the molecule is CCOC1(c2noc(CC(N)C3CC3)n2)CCCC1. The summed E-state index contributed by atoms with van der Waals surface area (Å²) in [5, 5.41) is 4.16. The molecule has 1 aromatic rings. The zero-order valence-corrected chi connectivity index (χ0v) is 11.6. The second-order valence-electron chi connectivity index (χ2n) is 5.85. The summed E-state index contributed by atoms with van der Waals surface area (Å²) < 4.78 is 11.3. The maximum atomic E-state index is 6.11. The fourth-order valence-corrected chi connectivity index (χ4v) is 3.07. The van der Waals surface area contributed by atoms with Gasteiger partial charge in [0.25, 0.3) is 0 Å². The van der Waals surface area contributed by atoms with Crippen LogP contribution in [0.1, 0.15) is 57.2 Å². The average molecular weight is 265 g/mol. The minimum atomic E-state index is -0.305. The van der Waals surface area contributed by atoms with Crippen molar-refractivity contribution in [2.24, 2.45) is 11.7 Å². The van der Waals surface area contributed by atoms with E-state index in [4.69, 9.17) is 15.0 Å². The third-order valence-electron chi connectivity index (χ3n) is 4.35. The predicted octanol–water partition coefficient (Wildman–Crippen LogP) is 2.16. The van der Waals surface area contributed by atoms with E-state index in [0.29, 0.717) is 24.8 Å². The van der Waals surface area contributed by atoms with E-state index in [2.05, 4.69) is 10.1 Å². The van der Waals surface area contributed by atoms with Gasteiger partial charge in [0.05, 0.1) is 0 Å². The molecule has 19 heavy (non-hydrogen) atoms. The lowest BCUT2D eigenvalue weighted by molar-refractivity contribution is -0.0469. The van der Waals surface area contributed by atoms with E-state index in [-0.39, 0.29) is 11.6 Å². The van der Waals surface area contributed by atoms with Crippen LogP contribution in [0.15, 0.2) is 4.52 Å². The summed E-state index contributed by atoms with van der Waals surface area (Å²) in [7, 11) is 0. The molecule has 1 aromatic heterocycles. The van der Waals surface area contributed by atoms with Crippen molar-refractivity contribution in [3.8, 4) is 0 Å². The first-order valence-electron chi connectivity index (χ1n) is 7.46. The summed E-state index contributed by atoms with van der Waals surface area (Å²) >= 11 is 0. The van der Waals surface area contributed by atoms with Gasteiger partial charge >= 0.3 is 0 Å². The Morgan fingerprint density at radius 3 is 2.79 bits per heavy atom. The molecule has 0 aliphatic heterocycles. The van der Waals surface area contributed by atoms with Crippen LogP contribution in [0.3, 0.4) is 0 Å². The van der Waals surface area contributed by atoms with Gasteiger partial charge in [0.15, 0.2) is 0 Å². The summed E-state index contributed by atoms with van der Waals surface area (Å²) in [5.41, 5.74) is 5.80. The van der Waals surface area contributed by atoms with Crippen molar-refractivity contribution in [1.82, 2.24) is 10.1 Å². The topological polar surface area (TPSA) is 74.2 Å². The Labute approximate surface area is 113 Å². The number of aromatic nitrogens is 2. The smallest absolute Gasteiger partial charge is 0.228 e. The highest BCUT2D eigenvalue weighted by molar-refractivity contribution is 5.05. The van der Waals surface area contributed by atoms with Crippen LogP contribution in [-0.4, -0.2) is 22.8 Å².